The Bertz CT molecular complexity index is 552. The molecule has 2 rings (SSSR count). The molecule has 0 fully saturated rings. The summed E-state index contributed by atoms with van der Waals surface area (Å²) in [5.74, 6) is 0.142. The van der Waals surface area contributed by atoms with Crippen LogP contribution in [0.1, 0.15) is 27.4 Å². The van der Waals surface area contributed by atoms with E-state index in [4.69, 9.17) is 14.3 Å². The predicted molar refractivity (Wildman–Crippen MR) is 65.9 cm³/mol. The van der Waals surface area contributed by atoms with Crippen LogP contribution in [0.25, 0.3) is 0 Å². The molecule has 4 heteroatoms. The maximum absolute atomic E-state index is 10.8. The van der Waals surface area contributed by atoms with Crippen LogP contribution in [0.15, 0.2) is 34.7 Å². The monoisotopic (exact) mass is 246 g/mol. The lowest BCUT2D eigenvalue weighted by atomic mass is 10.2. The highest BCUT2D eigenvalue weighted by Crippen LogP contribution is 2.18. The number of carboxylic acid groups (broad SMARTS) is 1. The van der Waals surface area contributed by atoms with E-state index < -0.39 is 5.97 Å². The second-order valence-electron chi connectivity index (χ2n) is 4.13. The number of carbonyl (C=O) groups is 1. The number of furan rings is 1. The van der Waals surface area contributed by atoms with Crippen molar-refractivity contribution >= 4 is 5.97 Å². The maximum atomic E-state index is 10.8. The number of hydrogen-bond donors (Lipinski definition) is 1. The lowest BCUT2D eigenvalue weighted by Crippen LogP contribution is -1.96. The molecule has 0 saturated heterocycles. The van der Waals surface area contributed by atoms with E-state index in [1.54, 1.807) is 13.0 Å². The van der Waals surface area contributed by atoms with Gasteiger partial charge < -0.3 is 14.3 Å². The van der Waals surface area contributed by atoms with Gasteiger partial charge in [-0.25, -0.2) is 4.79 Å². The Morgan fingerprint density at radius 3 is 2.50 bits per heavy atom. The standard InChI is InChI=1S/C14H14O4/c1-9-3-5-11(6-4-9)17-8-12-7-10(2)13(18-12)14(15)16/h3-7H,8H2,1-2H3,(H,15,16). The quantitative estimate of drug-likeness (QED) is 0.900. The Kier molecular flexibility index (Phi) is 3.37. The molecule has 0 atom stereocenters. The van der Waals surface area contributed by atoms with Crippen molar-refractivity contribution in [2.45, 2.75) is 20.5 Å². The van der Waals surface area contributed by atoms with Crippen LogP contribution in [0.2, 0.25) is 0 Å². The van der Waals surface area contributed by atoms with Crippen molar-refractivity contribution in [1.29, 1.82) is 0 Å². The van der Waals surface area contributed by atoms with Crippen molar-refractivity contribution in [2.24, 2.45) is 0 Å². The molecule has 94 valence electrons. The molecule has 0 aliphatic rings. The highest BCUT2D eigenvalue weighted by atomic mass is 16.5. The molecule has 1 aromatic heterocycles. The summed E-state index contributed by atoms with van der Waals surface area (Å²) < 4.78 is 10.7. The van der Waals surface area contributed by atoms with Gasteiger partial charge in [0.05, 0.1) is 0 Å². The van der Waals surface area contributed by atoms with Gasteiger partial charge in [-0.05, 0) is 32.0 Å². The second-order valence-corrected chi connectivity index (χ2v) is 4.13. The molecule has 0 amide bonds. The number of ether oxygens (including phenoxy) is 1. The molecule has 0 unspecified atom stereocenters. The third-order valence-electron chi connectivity index (χ3n) is 2.57. The van der Waals surface area contributed by atoms with Gasteiger partial charge in [0.2, 0.25) is 5.76 Å². The lowest BCUT2D eigenvalue weighted by molar-refractivity contribution is 0.0657. The Hall–Kier alpha value is -2.23. The summed E-state index contributed by atoms with van der Waals surface area (Å²) in [5.41, 5.74) is 1.76. The highest BCUT2D eigenvalue weighted by Gasteiger charge is 2.14. The van der Waals surface area contributed by atoms with Crippen molar-refractivity contribution < 1.29 is 19.1 Å². The third kappa shape index (κ3) is 2.71. The number of aryl methyl sites for hydroxylation is 2. The van der Waals surface area contributed by atoms with Crippen LogP contribution in [-0.2, 0) is 6.61 Å². The first-order valence-corrected chi connectivity index (χ1v) is 5.58. The van der Waals surface area contributed by atoms with Crippen LogP contribution in [0.4, 0.5) is 0 Å². The molecule has 4 nitrogen and oxygen atoms in total. The van der Waals surface area contributed by atoms with Gasteiger partial charge in [-0.3, -0.25) is 0 Å². The molecule has 2 aromatic rings. The summed E-state index contributed by atoms with van der Waals surface area (Å²) in [6, 6.07) is 9.31. The van der Waals surface area contributed by atoms with E-state index in [-0.39, 0.29) is 12.4 Å². The first kappa shape index (κ1) is 12.2. The SMILES string of the molecule is Cc1ccc(OCc2cc(C)c(C(=O)O)o2)cc1. The van der Waals surface area contributed by atoms with Gasteiger partial charge in [0.1, 0.15) is 18.1 Å². The van der Waals surface area contributed by atoms with Crippen LogP contribution >= 0.6 is 0 Å². The first-order valence-electron chi connectivity index (χ1n) is 5.58. The predicted octanol–water partition coefficient (Wildman–Crippen LogP) is 3.17. The van der Waals surface area contributed by atoms with Crippen LogP contribution < -0.4 is 4.74 Å². The molecule has 0 aliphatic heterocycles. The van der Waals surface area contributed by atoms with E-state index in [1.165, 1.54) is 0 Å². The Morgan fingerprint density at radius 2 is 1.94 bits per heavy atom. The van der Waals surface area contributed by atoms with Gasteiger partial charge in [-0.15, -0.1) is 0 Å². The second kappa shape index (κ2) is 4.96. The summed E-state index contributed by atoms with van der Waals surface area (Å²) >= 11 is 0. The molecule has 0 saturated carbocycles. The molecule has 0 aliphatic carbocycles. The summed E-state index contributed by atoms with van der Waals surface area (Å²) in [5, 5.41) is 8.86. The molecular formula is C14H14O4. The zero-order valence-corrected chi connectivity index (χ0v) is 10.3. The van der Waals surface area contributed by atoms with Crippen molar-refractivity contribution in [3.05, 3.63) is 53.0 Å². The topological polar surface area (TPSA) is 59.7 Å². The number of carboxylic acids is 1. The molecule has 1 heterocycles. The molecule has 18 heavy (non-hydrogen) atoms. The zero-order valence-electron chi connectivity index (χ0n) is 10.3. The van der Waals surface area contributed by atoms with Crippen LogP contribution in [0.5, 0.6) is 5.75 Å². The molecule has 0 bridgehead atoms. The van der Waals surface area contributed by atoms with Crippen molar-refractivity contribution in [3.8, 4) is 5.75 Å². The van der Waals surface area contributed by atoms with Gasteiger partial charge in [-0.2, -0.15) is 0 Å². The number of benzene rings is 1. The van der Waals surface area contributed by atoms with E-state index in [9.17, 15) is 4.79 Å². The van der Waals surface area contributed by atoms with Crippen molar-refractivity contribution in [2.75, 3.05) is 0 Å². The van der Waals surface area contributed by atoms with Crippen LogP contribution in [0, 0.1) is 13.8 Å². The highest BCUT2D eigenvalue weighted by molar-refractivity contribution is 5.86. The minimum atomic E-state index is -1.06. The number of rotatable bonds is 4. The first-order chi connectivity index (χ1) is 8.56. The van der Waals surface area contributed by atoms with Gasteiger partial charge in [0.15, 0.2) is 0 Å². The van der Waals surface area contributed by atoms with Gasteiger partial charge in [0, 0.05) is 5.56 Å². The van der Waals surface area contributed by atoms with E-state index in [0.717, 1.165) is 11.3 Å². The fraction of sp³-hybridized carbons (Fsp3) is 0.214. The Balaban J connectivity index is 2.04. The number of hydrogen-bond acceptors (Lipinski definition) is 3. The van der Waals surface area contributed by atoms with Crippen LogP contribution in [0.3, 0.4) is 0 Å². The fourth-order valence-corrected chi connectivity index (χ4v) is 1.62. The zero-order chi connectivity index (χ0) is 13.1. The van der Waals surface area contributed by atoms with E-state index in [0.29, 0.717) is 11.3 Å². The van der Waals surface area contributed by atoms with Gasteiger partial charge in [-0.1, -0.05) is 17.7 Å². The average Bonchev–Trinajstić information content (AvgIpc) is 2.70. The largest absolute Gasteiger partial charge is 0.486 e. The third-order valence-corrected chi connectivity index (χ3v) is 2.57. The van der Waals surface area contributed by atoms with E-state index in [1.807, 2.05) is 31.2 Å². The lowest BCUT2D eigenvalue weighted by Gasteiger charge is -2.03. The van der Waals surface area contributed by atoms with Crippen molar-refractivity contribution in [1.82, 2.24) is 0 Å². The van der Waals surface area contributed by atoms with Crippen molar-refractivity contribution in [3.63, 3.8) is 0 Å². The molecule has 0 radical (unpaired) electrons. The minimum Gasteiger partial charge on any atom is -0.486 e. The smallest absolute Gasteiger partial charge is 0.372 e. The summed E-state index contributed by atoms with van der Waals surface area (Å²) in [6.45, 7) is 3.91. The van der Waals surface area contributed by atoms with Gasteiger partial charge >= 0.3 is 5.97 Å². The minimum absolute atomic E-state index is 0.0301. The molecule has 1 N–H and O–H groups in total. The van der Waals surface area contributed by atoms with E-state index >= 15 is 0 Å². The summed E-state index contributed by atoms with van der Waals surface area (Å²) in [6.07, 6.45) is 0. The summed E-state index contributed by atoms with van der Waals surface area (Å²) in [7, 11) is 0. The maximum Gasteiger partial charge on any atom is 0.372 e. The number of aromatic carboxylic acids is 1. The van der Waals surface area contributed by atoms with Gasteiger partial charge in [0.25, 0.3) is 0 Å². The molecule has 0 spiro atoms. The van der Waals surface area contributed by atoms with E-state index in [2.05, 4.69) is 0 Å². The molecular weight excluding hydrogens is 232 g/mol. The Labute approximate surface area is 105 Å². The average molecular weight is 246 g/mol. The van der Waals surface area contributed by atoms with Crippen LogP contribution in [-0.4, -0.2) is 11.1 Å². The fourth-order valence-electron chi connectivity index (χ4n) is 1.62. The normalized spacial score (nSPS) is 10.3. The molecule has 1 aromatic carbocycles. The Morgan fingerprint density at radius 1 is 1.28 bits per heavy atom. The summed E-state index contributed by atoms with van der Waals surface area (Å²) in [4.78, 5) is 10.8.